The Balaban J connectivity index is 1.48. The van der Waals surface area contributed by atoms with E-state index >= 15 is 0 Å². The van der Waals surface area contributed by atoms with Gasteiger partial charge >= 0.3 is 6.03 Å². The average Bonchev–Trinajstić information content (AvgIpc) is 2.81. The van der Waals surface area contributed by atoms with Gasteiger partial charge in [0.25, 0.3) is 0 Å². The fourth-order valence-corrected chi connectivity index (χ4v) is 3.75. The van der Waals surface area contributed by atoms with Crippen molar-refractivity contribution in [1.29, 1.82) is 0 Å². The molecule has 0 bridgehead atoms. The third-order valence-electron chi connectivity index (χ3n) is 5.33. The number of rotatable bonds is 6. The van der Waals surface area contributed by atoms with E-state index in [1.54, 1.807) is 43.4 Å². The third-order valence-corrected chi connectivity index (χ3v) is 5.33. The number of methoxy groups -OCH3 is 2. The van der Waals surface area contributed by atoms with Crippen LogP contribution >= 0.6 is 0 Å². The van der Waals surface area contributed by atoms with Crippen LogP contribution in [0.15, 0.2) is 66.7 Å². The van der Waals surface area contributed by atoms with E-state index in [-0.39, 0.29) is 11.9 Å². The van der Waals surface area contributed by atoms with Gasteiger partial charge in [-0.15, -0.1) is 0 Å². The molecule has 0 atom stereocenters. The van der Waals surface area contributed by atoms with E-state index in [0.717, 1.165) is 16.8 Å². The van der Waals surface area contributed by atoms with Crippen molar-refractivity contribution >= 4 is 29.0 Å². The van der Waals surface area contributed by atoms with E-state index in [4.69, 9.17) is 9.47 Å². The monoisotopic (exact) mass is 431 g/mol. The van der Waals surface area contributed by atoms with Gasteiger partial charge in [-0.25, -0.2) is 4.79 Å². The Bertz CT molecular complexity index is 1110. The van der Waals surface area contributed by atoms with Crippen molar-refractivity contribution in [2.24, 2.45) is 0 Å². The lowest BCUT2D eigenvalue weighted by Crippen LogP contribution is -2.34. The summed E-state index contributed by atoms with van der Waals surface area (Å²) in [5.74, 6) is 1.26. The van der Waals surface area contributed by atoms with Gasteiger partial charge in [-0.2, -0.15) is 0 Å². The van der Waals surface area contributed by atoms with Gasteiger partial charge in [0.05, 0.1) is 20.8 Å². The number of carbonyl (C=O) groups is 2. The molecule has 7 heteroatoms. The Hall–Kier alpha value is -4.00. The molecule has 0 aromatic heterocycles. The first-order chi connectivity index (χ1) is 15.6. The smallest absolute Gasteiger partial charge is 0.323 e. The summed E-state index contributed by atoms with van der Waals surface area (Å²) >= 11 is 0. The maximum atomic E-state index is 12.6. The summed E-state index contributed by atoms with van der Waals surface area (Å²) in [4.78, 5) is 26.9. The molecular formula is C25H25N3O4. The standard InChI is InChI=1S/C25H25N3O4/c1-31-21-13-20(14-22(15-21)32-2)27-25(30)26-19-9-10-23-18(12-19)8-11-24(29)28(23)16-17-6-4-3-5-7-17/h3-7,9-10,12-15H,8,11,16H2,1-2H3,(H2,26,27,30). The van der Waals surface area contributed by atoms with E-state index < -0.39 is 0 Å². The van der Waals surface area contributed by atoms with Crippen LogP contribution in [0, 0.1) is 0 Å². The molecule has 0 fully saturated rings. The first kappa shape index (κ1) is 21.2. The van der Waals surface area contributed by atoms with Crippen LogP contribution in [0.25, 0.3) is 0 Å². The molecule has 0 saturated heterocycles. The van der Waals surface area contributed by atoms with Gasteiger partial charge in [0.1, 0.15) is 11.5 Å². The van der Waals surface area contributed by atoms with Gasteiger partial charge < -0.3 is 25.0 Å². The number of anilines is 3. The van der Waals surface area contributed by atoms with Crippen molar-refractivity contribution in [1.82, 2.24) is 0 Å². The van der Waals surface area contributed by atoms with Gasteiger partial charge in [0, 0.05) is 41.7 Å². The third kappa shape index (κ3) is 4.83. The SMILES string of the molecule is COc1cc(NC(=O)Nc2ccc3c(c2)CCC(=O)N3Cc2ccccc2)cc(OC)c1. The zero-order valence-corrected chi connectivity index (χ0v) is 18.1. The Kier molecular flexibility index (Phi) is 6.26. The summed E-state index contributed by atoms with van der Waals surface area (Å²) in [5, 5.41) is 5.65. The van der Waals surface area contributed by atoms with Crippen molar-refractivity contribution in [2.75, 3.05) is 29.8 Å². The lowest BCUT2D eigenvalue weighted by Gasteiger charge is -2.30. The quantitative estimate of drug-likeness (QED) is 0.586. The van der Waals surface area contributed by atoms with Gasteiger partial charge in [-0.1, -0.05) is 30.3 Å². The van der Waals surface area contributed by atoms with Crippen LogP contribution in [0.5, 0.6) is 11.5 Å². The highest BCUT2D eigenvalue weighted by atomic mass is 16.5. The number of hydrogen-bond acceptors (Lipinski definition) is 4. The minimum Gasteiger partial charge on any atom is -0.497 e. The molecule has 0 radical (unpaired) electrons. The topological polar surface area (TPSA) is 79.9 Å². The van der Waals surface area contributed by atoms with Crippen molar-refractivity contribution < 1.29 is 19.1 Å². The molecule has 0 aliphatic carbocycles. The molecule has 4 rings (SSSR count). The van der Waals surface area contributed by atoms with Crippen molar-refractivity contribution in [3.63, 3.8) is 0 Å². The molecule has 0 unspecified atom stereocenters. The maximum absolute atomic E-state index is 12.6. The molecule has 3 aromatic rings. The number of fused-ring (bicyclic) bond motifs is 1. The lowest BCUT2D eigenvalue weighted by atomic mass is 9.99. The summed E-state index contributed by atoms with van der Waals surface area (Å²) in [7, 11) is 3.11. The average molecular weight is 431 g/mol. The number of carbonyl (C=O) groups excluding carboxylic acids is 2. The van der Waals surface area contributed by atoms with Gasteiger partial charge in [0.2, 0.25) is 5.91 Å². The molecule has 32 heavy (non-hydrogen) atoms. The zero-order chi connectivity index (χ0) is 22.5. The van der Waals surface area contributed by atoms with E-state index in [0.29, 0.717) is 42.3 Å². The van der Waals surface area contributed by atoms with E-state index in [1.165, 1.54) is 0 Å². The highest BCUT2D eigenvalue weighted by Gasteiger charge is 2.24. The molecule has 2 N–H and O–H groups in total. The second kappa shape index (κ2) is 9.43. The molecule has 0 spiro atoms. The molecule has 0 saturated carbocycles. The largest absolute Gasteiger partial charge is 0.497 e. The van der Waals surface area contributed by atoms with Crippen molar-refractivity contribution in [2.45, 2.75) is 19.4 Å². The van der Waals surface area contributed by atoms with Crippen LogP contribution in [0.3, 0.4) is 0 Å². The maximum Gasteiger partial charge on any atom is 0.323 e. The first-order valence-electron chi connectivity index (χ1n) is 10.3. The molecule has 164 valence electrons. The fraction of sp³-hybridized carbons (Fsp3) is 0.200. The molecule has 1 heterocycles. The number of amides is 3. The second-order valence-electron chi connectivity index (χ2n) is 7.49. The molecule has 7 nitrogen and oxygen atoms in total. The van der Waals surface area contributed by atoms with Crippen LogP contribution in [0.1, 0.15) is 17.5 Å². The van der Waals surface area contributed by atoms with E-state index in [2.05, 4.69) is 10.6 Å². The number of benzene rings is 3. The lowest BCUT2D eigenvalue weighted by molar-refractivity contribution is -0.119. The minimum atomic E-state index is -0.381. The Labute approximate surface area is 187 Å². The van der Waals surface area contributed by atoms with Gasteiger partial charge in [0.15, 0.2) is 0 Å². The summed E-state index contributed by atoms with van der Waals surface area (Å²) in [5.41, 5.74) is 4.19. The number of nitrogens with one attached hydrogen (secondary N) is 2. The number of hydrogen-bond donors (Lipinski definition) is 2. The fourth-order valence-electron chi connectivity index (χ4n) is 3.75. The Morgan fingerprint density at radius 1 is 0.875 bits per heavy atom. The number of aryl methyl sites for hydroxylation is 1. The summed E-state index contributed by atoms with van der Waals surface area (Å²) in [6.45, 7) is 0.525. The van der Waals surface area contributed by atoms with Crippen LogP contribution < -0.4 is 25.0 Å². The van der Waals surface area contributed by atoms with Crippen LogP contribution in [0.2, 0.25) is 0 Å². The Morgan fingerprint density at radius 2 is 1.56 bits per heavy atom. The summed E-state index contributed by atoms with van der Waals surface area (Å²) in [6.07, 6.45) is 1.09. The number of nitrogens with zero attached hydrogens (tertiary/aromatic N) is 1. The highest BCUT2D eigenvalue weighted by molar-refractivity contribution is 6.01. The molecule has 1 aliphatic heterocycles. The van der Waals surface area contributed by atoms with Crippen molar-refractivity contribution in [3.8, 4) is 11.5 Å². The number of urea groups is 1. The van der Waals surface area contributed by atoms with Gasteiger partial charge in [-0.3, -0.25) is 4.79 Å². The van der Waals surface area contributed by atoms with Crippen LogP contribution in [-0.2, 0) is 17.8 Å². The second-order valence-corrected chi connectivity index (χ2v) is 7.49. The van der Waals surface area contributed by atoms with E-state index in [9.17, 15) is 9.59 Å². The predicted molar refractivity (Wildman–Crippen MR) is 125 cm³/mol. The highest BCUT2D eigenvalue weighted by Crippen LogP contribution is 2.32. The van der Waals surface area contributed by atoms with E-state index in [1.807, 2.05) is 42.5 Å². The molecule has 1 aliphatic rings. The molecule has 3 aromatic carbocycles. The summed E-state index contributed by atoms with van der Waals surface area (Å²) in [6, 6.07) is 20.3. The molecular weight excluding hydrogens is 406 g/mol. The first-order valence-corrected chi connectivity index (χ1v) is 10.3. The van der Waals surface area contributed by atoms with Crippen LogP contribution in [-0.4, -0.2) is 26.2 Å². The van der Waals surface area contributed by atoms with Gasteiger partial charge in [-0.05, 0) is 35.7 Å². The minimum absolute atomic E-state index is 0.103. The normalized spacial score (nSPS) is 12.7. The Morgan fingerprint density at radius 3 is 2.25 bits per heavy atom. The molecule has 3 amide bonds. The van der Waals surface area contributed by atoms with Crippen LogP contribution in [0.4, 0.5) is 21.9 Å². The number of ether oxygens (including phenoxy) is 2. The summed E-state index contributed by atoms with van der Waals surface area (Å²) < 4.78 is 10.5. The van der Waals surface area contributed by atoms with Crippen molar-refractivity contribution in [3.05, 3.63) is 77.9 Å². The zero-order valence-electron chi connectivity index (χ0n) is 18.1. The predicted octanol–water partition coefficient (Wildman–Crippen LogP) is 4.83.